The van der Waals surface area contributed by atoms with Gasteiger partial charge in [-0.25, -0.2) is 4.39 Å². The van der Waals surface area contributed by atoms with Crippen molar-refractivity contribution in [2.24, 2.45) is 0 Å². The van der Waals surface area contributed by atoms with E-state index < -0.39 is 5.91 Å². The highest BCUT2D eigenvalue weighted by Crippen LogP contribution is 2.25. The van der Waals surface area contributed by atoms with E-state index in [1.807, 2.05) is 19.9 Å². The minimum Gasteiger partial charge on any atom is -0.318 e. The Kier molecular flexibility index (Phi) is 3.47. The molecule has 1 aromatic heterocycles. The van der Waals surface area contributed by atoms with Gasteiger partial charge in [0.25, 0.3) is 5.91 Å². The quantitative estimate of drug-likeness (QED) is 0.792. The molecule has 110 valence electrons. The maximum absolute atomic E-state index is 14.5. The summed E-state index contributed by atoms with van der Waals surface area (Å²) in [5.41, 5.74) is 3.74. The molecule has 3 N–H and O–H groups in total. The highest BCUT2D eigenvalue weighted by atomic mass is 19.1. The van der Waals surface area contributed by atoms with Crippen molar-refractivity contribution in [3.05, 3.63) is 46.0 Å². The Hall–Kier alpha value is -2.21. The Bertz CT molecular complexity index is 708. The minimum atomic E-state index is -0.398. The van der Waals surface area contributed by atoms with Gasteiger partial charge in [-0.3, -0.25) is 9.89 Å². The summed E-state index contributed by atoms with van der Waals surface area (Å²) in [5.74, 6) is -0.739. The van der Waals surface area contributed by atoms with Crippen LogP contribution in [-0.4, -0.2) is 22.6 Å². The fourth-order valence-electron chi connectivity index (χ4n) is 2.52. The van der Waals surface area contributed by atoms with Gasteiger partial charge < -0.3 is 10.6 Å². The number of fused-ring (bicyclic) bond motifs is 1. The van der Waals surface area contributed by atoms with E-state index in [0.717, 1.165) is 23.4 Å². The van der Waals surface area contributed by atoms with Gasteiger partial charge in [0.15, 0.2) is 5.69 Å². The van der Waals surface area contributed by atoms with Gasteiger partial charge in [-0.2, -0.15) is 5.10 Å². The number of amides is 1. The highest BCUT2D eigenvalue weighted by molar-refractivity contribution is 6.04. The number of halogens is 1. The van der Waals surface area contributed by atoms with Crippen LogP contribution in [-0.2, 0) is 13.0 Å². The molecule has 0 unspecified atom stereocenters. The van der Waals surface area contributed by atoms with Gasteiger partial charge in [0.2, 0.25) is 0 Å². The number of hydrogen-bond acceptors (Lipinski definition) is 3. The number of rotatable bonds is 2. The van der Waals surface area contributed by atoms with E-state index in [1.165, 1.54) is 0 Å². The zero-order valence-electron chi connectivity index (χ0n) is 12.0. The molecule has 0 saturated carbocycles. The Balaban J connectivity index is 1.88. The van der Waals surface area contributed by atoms with Gasteiger partial charge in [0.05, 0.1) is 5.69 Å². The molecule has 0 fully saturated rings. The van der Waals surface area contributed by atoms with Gasteiger partial charge >= 0.3 is 0 Å². The van der Waals surface area contributed by atoms with E-state index in [4.69, 9.17) is 0 Å². The van der Waals surface area contributed by atoms with Crippen LogP contribution < -0.4 is 10.6 Å². The molecule has 1 aromatic carbocycles. The maximum atomic E-state index is 14.5. The molecule has 1 amide bonds. The predicted octanol–water partition coefficient (Wildman–Crippen LogP) is 2.06. The number of carbonyl (C=O) groups is 1. The van der Waals surface area contributed by atoms with Crippen LogP contribution in [0.5, 0.6) is 0 Å². The van der Waals surface area contributed by atoms with Gasteiger partial charge in [-0.15, -0.1) is 0 Å². The van der Waals surface area contributed by atoms with Crippen molar-refractivity contribution in [1.29, 1.82) is 0 Å². The fourth-order valence-corrected chi connectivity index (χ4v) is 2.52. The average Bonchev–Trinajstić information content (AvgIpc) is 2.82. The topological polar surface area (TPSA) is 69.8 Å². The molecule has 5 nitrogen and oxygen atoms in total. The van der Waals surface area contributed by atoms with Gasteiger partial charge in [0, 0.05) is 17.8 Å². The van der Waals surface area contributed by atoms with E-state index in [0.29, 0.717) is 24.2 Å². The van der Waals surface area contributed by atoms with E-state index in [2.05, 4.69) is 20.8 Å². The van der Waals surface area contributed by atoms with Crippen molar-refractivity contribution < 1.29 is 9.18 Å². The summed E-state index contributed by atoms with van der Waals surface area (Å²) in [7, 11) is 0. The third-order valence-corrected chi connectivity index (χ3v) is 3.92. The van der Waals surface area contributed by atoms with Crippen LogP contribution in [0, 0.1) is 19.7 Å². The van der Waals surface area contributed by atoms with Crippen molar-refractivity contribution in [3.8, 4) is 0 Å². The number of hydrogen-bond donors (Lipinski definition) is 3. The number of H-pyrrole nitrogens is 1. The zero-order valence-corrected chi connectivity index (χ0v) is 12.0. The van der Waals surface area contributed by atoms with Crippen molar-refractivity contribution in [3.63, 3.8) is 0 Å². The normalized spacial score (nSPS) is 13.9. The molecule has 1 aliphatic rings. The van der Waals surface area contributed by atoms with Crippen LogP contribution in [0.25, 0.3) is 0 Å². The monoisotopic (exact) mass is 288 g/mol. The molecular formula is C15H17FN4O. The Labute approximate surface area is 121 Å². The number of aryl methyl sites for hydroxylation is 1. The second-order valence-electron chi connectivity index (χ2n) is 5.27. The summed E-state index contributed by atoms with van der Waals surface area (Å²) in [5, 5.41) is 12.5. The molecule has 1 aliphatic heterocycles. The average molecular weight is 288 g/mol. The predicted molar refractivity (Wildman–Crippen MR) is 77.8 cm³/mol. The van der Waals surface area contributed by atoms with Gasteiger partial charge in [0.1, 0.15) is 5.82 Å². The van der Waals surface area contributed by atoms with Crippen molar-refractivity contribution in [2.75, 3.05) is 11.9 Å². The second kappa shape index (κ2) is 5.29. The van der Waals surface area contributed by atoms with Crippen LogP contribution in [0.1, 0.15) is 32.9 Å². The van der Waals surface area contributed by atoms with Gasteiger partial charge in [-0.1, -0.05) is 6.07 Å². The summed E-state index contributed by atoms with van der Waals surface area (Å²) in [6.45, 7) is 5.06. The molecule has 3 rings (SSSR count). The van der Waals surface area contributed by atoms with E-state index >= 15 is 0 Å². The van der Waals surface area contributed by atoms with Gasteiger partial charge in [-0.05, 0) is 44.0 Å². The molecule has 2 aromatic rings. The summed E-state index contributed by atoms with van der Waals surface area (Å²) >= 11 is 0. The molecule has 0 bridgehead atoms. The molecule has 2 heterocycles. The number of aromatic nitrogens is 2. The van der Waals surface area contributed by atoms with Crippen molar-refractivity contribution in [2.45, 2.75) is 26.8 Å². The van der Waals surface area contributed by atoms with Crippen LogP contribution in [0.4, 0.5) is 10.1 Å². The maximum Gasteiger partial charge on any atom is 0.276 e. The van der Waals surface area contributed by atoms with E-state index in [-0.39, 0.29) is 11.5 Å². The second-order valence-corrected chi connectivity index (χ2v) is 5.27. The molecule has 0 spiro atoms. The summed E-state index contributed by atoms with van der Waals surface area (Å²) in [6.07, 6.45) is 0.630. The first-order chi connectivity index (χ1) is 10.1. The molecule has 21 heavy (non-hydrogen) atoms. The Morgan fingerprint density at radius 2 is 2.19 bits per heavy atom. The first kappa shape index (κ1) is 13.8. The molecular weight excluding hydrogens is 271 g/mol. The first-order valence-electron chi connectivity index (χ1n) is 6.92. The standard InChI is InChI=1S/C15H17FN4O/c1-8-9(2)19-20-14(8)15(21)18-12-4-3-10-7-17-6-5-11(10)13(12)16/h3-4,17H,5-7H2,1-2H3,(H,18,21)(H,19,20). The van der Waals surface area contributed by atoms with Crippen molar-refractivity contribution >= 4 is 11.6 Å². The van der Waals surface area contributed by atoms with E-state index in [1.54, 1.807) is 6.07 Å². The summed E-state index contributed by atoms with van der Waals surface area (Å²) in [6, 6.07) is 3.46. The molecule has 0 aliphatic carbocycles. The number of aromatic amines is 1. The first-order valence-corrected chi connectivity index (χ1v) is 6.92. The Morgan fingerprint density at radius 1 is 1.38 bits per heavy atom. The minimum absolute atomic E-state index is 0.209. The molecule has 0 radical (unpaired) electrons. The lowest BCUT2D eigenvalue weighted by atomic mass is 9.99. The third-order valence-electron chi connectivity index (χ3n) is 3.92. The summed E-state index contributed by atoms with van der Waals surface area (Å²) < 4.78 is 14.5. The van der Waals surface area contributed by atoms with Crippen molar-refractivity contribution in [1.82, 2.24) is 15.5 Å². The SMILES string of the molecule is Cc1[nH]nc(C(=O)Nc2ccc3c(c2F)CCNC3)c1C. The third kappa shape index (κ3) is 2.42. The van der Waals surface area contributed by atoms with Crippen LogP contribution in [0.15, 0.2) is 12.1 Å². The van der Waals surface area contributed by atoms with Crippen LogP contribution in [0.2, 0.25) is 0 Å². The van der Waals surface area contributed by atoms with E-state index in [9.17, 15) is 9.18 Å². The van der Waals surface area contributed by atoms with Crippen LogP contribution >= 0.6 is 0 Å². The number of nitrogens with one attached hydrogen (secondary N) is 3. The number of carbonyl (C=O) groups excluding carboxylic acids is 1. The number of anilines is 1. The smallest absolute Gasteiger partial charge is 0.276 e. The Morgan fingerprint density at radius 3 is 2.90 bits per heavy atom. The lowest BCUT2D eigenvalue weighted by molar-refractivity contribution is 0.102. The summed E-state index contributed by atoms with van der Waals surface area (Å²) in [4.78, 5) is 12.2. The largest absolute Gasteiger partial charge is 0.318 e. The van der Waals surface area contributed by atoms with Crippen LogP contribution in [0.3, 0.4) is 0 Å². The lowest BCUT2D eigenvalue weighted by Gasteiger charge is -2.19. The highest BCUT2D eigenvalue weighted by Gasteiger charge is 2.20. The number of benzene rings is 1. The molecule has 6 heteroatoms. The molecule has 0 saturated heterocycles. The fraction of sp³-hybridized carbons (Fsp3) is 0.333. The molecule has 0 atom stereocenters. The lowest BCUT2D eigenvalue weighted by Crippen LogP contribution is -2.25. The number of nitrogens with zero attached hydrogens (tertiary/aromatic N) is 1. The zero-order chi connectivity index (χ0) is 15.0.